The number of ether oxygens (including phenoxy) is 2. The minimum Gasteiger partial charge on any atom is -0.393 e. The van der Waals surface area contributed by atoms with Crippen molar-refractivity contribution in [3.8, 4) is 0 Å². The van der Waals surface area contributed by atoms with Gasteiger partial charge < -0.3 is 9.47 Å². The number of esters is 2. The van der Waals surface area contributed by atoms with Gasteiger partial charge in [0.1, 0.15) is 11.8 Å². The number of rotatable bonds is 8. The molecule has 3 aliphatic rings. The molecule has 0 aliphatic carbocycles. The van der Waals surface area contributed by atoms with E-state index in [9.17, 15) is 9.59 Å². The molecule has 2 bridgehead atoms. The maximum atomic E-state index is 12.1. The molecule has 0 aromatic rings. The third-order valence-corrected chi connectivity index (χ3v) is 5.95. The first-order valence-electron chi connectivity index (χ1n) is 10.4. The number of cyclic esters (lactones) is 2. The van der Waals surface area contributed by atoms with Crippen molar-refractivity contribution >= 4 is 11.9 Å². The molecule has 25 heavy (non-hydrogen) atoms. The predicted octanol–water partition coefficient (Wildman–Crippen LogP) is 5.18. The van der Waals surface area contributed by atoms with Crippen molar-refractivity contribution in [1.82, 2.24) is 0 Å². The molecule has 144 valence electrons. The summed E-state index contributed by atoms with van der Waals surface area (Å²) < 4.78 is 11.2. The molecule has 3 aliphatic heterocycles. The summed E-state index contributed by atoms with van der Waals surface area (Å²) in [6.07, 6.45) is 12.6. The molecule has 3 heterocycles. The summed E-state index contributed by atoms with van der Waals surface area (Å²) in [6.45, 7) is 8.45. The summed E-state index contributed by atoms with van der Waals surface area (Å²) in [5, 5.41) is 0. The molecular weight excluding hydrogens is 316 g/mol. The molecule has 3 saturated heterocycles. The predicted molar refractivity (Wildman–Crippen MR) is 98.1 cm³/mol. The first-order chi connectivity index (χ1) is 11.9. The monoisotopic (exact) mass is 352 g/mol. The quantitative estimate of drug-likeness (QED) is 0.343. The van der Waals surface area contributed by atoms with Crippen molar-refractivity contribution < 1.29 is 19.1 Å². The number of hydrogen-bond acceptors (Lipinski definition) is 4. The standard InChI is InChI=1S/C18H28O4.C3H8/c1-3-4-5-6-7-8-9-10-18-12-11-17(2,22-18)13-14(18)16(20)21-15(13)19;1-3-2/h13-14H,3-12H2,1-2H3;3H2,1-2H3. The van der Waals surface area contributed by atoms with Crippen LogP contribution < -0.4 is 0 Å². The Hall–Kier alpha value is -0.900. The van der Waals surface area contributed by atoms with E-state index in [0.717, 1.165) is 25.7 Å². The second-order valence-corrected chi connectivity index (χ2v) is 8.25. The van der Waals surface area contributed by atoms with Crippen LogP contribution in [0.5, 0.6) is 0 Å². The van der Waals surface area contributed by atoms with Crippen LogP contribution in [-0.4, -0.2) is 23.1 Å². The number of carbonyl (C=O) groups is 2. The van der Waals surface area contributed by atoms with E-state index in [0.29, 0.717) is 0 Å². The maximum Gasteiger partial charge on any atom is 0.320 e. The van der Waals surface area contributed by atoms with Gasteiger partial charge >= 0.3 is 11.9 Å². The third-order valence-electron chi connectivity index (χ3n) is 5.95. The fourth-order valence-electron chi connectivity index (χ4n) is 4.80. The second kappa shape index (κ2) is 8.66. The fraction of sp³-hybridized carbons (Fsp3) is 0.905. The van der Waals surface area contributed by atoms with Crippen LogP contribution in [0.25, 0.3) is 0 Å². The Labute approximate surface area is 153 Å². The summed E-state index contributed by atoms with van der Waals surface area (Å²) >= 11 is 0. The van der Waals surface area contributed by atoms with E-state index in [1.165, 1.54) is 44.9 Å². The van der Waals surface area contributed by atoms with Gasteiger partial charge in [-0.2, -0.15) is 0 Å². The van der Waals surface area contributed by atoms with Crippen molar-refractivity contribution in [2.45, 2.75) is 110 Å². The van der Waals surface area contributed by atoms with Crippen LogP contribution in [0.1, 0.15) is 98.3 Å². The molecule has 0 radical (unpaired) electrons. The zero-order chi connectivity index (χ0) is 18.5. The summed E-state index contributed by atoms with van der Waals surface area (Å²) in [7, 11) is 0. The van der Waals surface area contributed by atoms with Crippen molar-refractivity contribution in [2.75, 3.05) is 0 Å². The van der Waals surface area contributed by atoms with E-state index < -0.39 is 11.2 Å². The molecule has 4 nitrogen and oxygen atoms in total. The largest absolute Gasteiger partial charge is 0.393 e. The van der Waals surface area contributed by atoms with Crippen LogP contribution in [0.15, 0.2) is 0 Å². The van der Waals surface area contributed by atoms with E-state index in [1.54, 1.807) is 0 Å². The highest BCUT2D eigenvalue weighted by atomic mass is 16.6. The lowest BCUT2D eigenvalue weighted by molar-refractivity contribution is -0.162. The first kappa shape index (κ1) is 20.4. The molecule has 0 aromatic heterocycles. The van der Waals surface area contributed by atoms with Crippen molar-refractivity contribution in [3.63, 3.8) is 0 Å². The number of hydrogen-bond donors (Lipinski definition) is 0. The normalized spacial score (nSPS) is 35.4. The van der Waals surface area contributed by atoms with Gasteiger partial charge in [0.15, 0.2) is 0 Å². The molecule has 3 rings (SSSR count). The lowest BCUT2D eigenvalue weighted by Crippen LogP contribution is -2.41. The lowest BCUT2D eigenvalue weighted by atomic mass is 9.67. The minimum atomic E-state index is -0.477. The van der Waals surface area contributed by atoms with Gasteiger partial charge in [-0.05, 0) is 26.2 Å². The van der Waals surface area contributed by atoms with E-state index in [1.807, 2.05) is 6.92 Å². The molecule has 4 atom stereocenters. The highest BCUT2D eigenvalue weighted by Crippen LogP contribution is 2.61. The first-order valence-corrected chi connectivity index (χ1v) is 10.4. The Balaban J connectivity index is 0.000000701. The van der Waals surface area contributed by atoms with E-state index >= 15 is 0 Å². The second-order valence-electron chi connectivity index (χ2n) is 8.25. The van der Waals surface area contributed by atoms with E-state index in [4.69, 9.17) is 9.47 Å². The van der Waals surface area contributed by atoms with Gasteiger partial charge in [-0.15, -0.1) is 0 Å². The highest BCUT2D eigenvalue weighted by molar-refractivity contribution is 5.98. The van der Waals surface area contributed by atoms with Crippen LogP contribution in [0.2, 0.25) is 0 Å². The fourth-order valence-corrected chi connectivity index (χ4v) is 4.80. The van der Waals surface area contributed by atoms with E-state index in [2.05, 4.69) is 20.8 Å². The summed E-state index contributed by atoms with van der Waals surface area (Å²) in [5.74, 6) is -1.42. The number of fused-ring (bicyclic) bond motifs is 5. The van der Waals surface area contributed by atoms with E-state index in [-0.39, 0.29) is 23.8 Å². The van der Waals surface area contributed by atoms with Gasteiger partial charge in [-0.3, -0.25) is 9.59 Å². The molecule has 3 fully saturated rings. The zero-order valence-corrected chi connectivity index (χ0v) is 16.6. The maximum absolute atomic E-state index is 12.1. The Morgan fingerprint density at radius 1 is 0.880 bits per heavy atom. The SMILES string of the molecule is CCC.CCCCCCCCCC12CCC(C)(O1)C1C(=O)OC(=O)C12. The Bertz CT molecular complexity index is 475. The van der Waals surface area contributed by atoms with Crippen molar-refractivity contribution in [3.05, 3.63) is 0 Å². The minimum absolute atomic E-state index is 0.346. The molecular formula is C21H36O4. The number of carbonyl (C=O) groups excluding carboxylic acids is 2. The van der Waals surface area contributed by atoms with Crippen molar-refractivity contribution in [2.24, 2.45) is 11.8 Å². The topological polar surface area (TPSA) is 52.6 Å². The summed E-state index contributed by atoms with van der Waals surface area (Å²) in [5.41, 5.74) is -0.902. The average Bonchev–Trinajstić information content (AvgIpc) is 3.15. The van der Waals surface area contributed by atoms with Crippen LogP contribution in [0.3, 0.4) is 0 Å². The third kappa shape index (κ3) is 4.10. The van der Waals surface area contributed by atoms with Gasteiger partial charge in [0.25, 0.3) is 0 Å². The molecule has 0 aromatic carbocycles. The zero-order valence-electron chi connectivity index (χ0n) is 16.6. The average molecular weight is 353 g/mol. The van der Waals surface area contributed by atoms with Crippen LogP contribution in [0, 0.1) is 11.8 Å². The van der Waals surface area contributed by atoms with Crippen molar-refractivity contribution in [1.29, 1.82) is 0 Å². The summed E-state index contributed by atoms with van der Waals surface area (Å²) in [4.78, 5) is 24.0. The Morgan fingerprint density at radius 2 is 1.44 bits per heavy atom. The van der Waals surface area contributed by atoms with Gasteiger partial charge in [0, 0.05) is 0 Å². The number of unbranched alkanes of at least 4 members (excludes halogenated alkanes) is 6. The molecule has 0 saturated carbocycles. The molecule has 4 heteroatoms. The van der Waals surface area contributed by atoms with Crippen LogP contribution >= 0.6 is 0 Å². The summed E-state index contributed by atoms with van der Waals surface area (Å²) in [6, 6.07) is 0. The smallest absolute Gasteiger partial charge is 0.320 e. The molecule has 0 N–H and O–H groups in total. The Morgan fingerprint density at radius 3 is 2.08 bits per heavy atom. The molecule has 4 unspecified atom stereocenters. The van der Waals surface area contributed by atoms with Gasteiger partial charge in [0.2, 0.25) is 0 Å². The lowest BCUT2D eigenvalue weighted by Gasteiger charge is -2.29. The van der Waals surface area contributed by atoms with Gasteiger partial charge in [-0.1, -0.05) is 72.1 Å². The molecule has 0 spiro atoms. The molecule has 0 amide bonds. The Kier molecular flexibility index (Phi) is 7.07. The van der Waals surface area contributed by atoms with Crippen LogP contribution in [0.4, 0.5) is 0 Å². The van der Waals surface area contributed by atoms with Gasteiger partial charge in [0.05, 0.1) is 11.2 Å². The highest BCUT2D eigenvalue weighted by Gasteiger charge is 2.73. The van der Waals surface area contributed by atoms with Crippen LogP contribution in [-0.2, 0) is 19.1 Å². The van der Waals surface area contributed by atoms with Gasteiger partial charge in [-0.25, -0.2) is 0 Å².